The van der Waals surface area contributed by atoms with Gasteiger partial charge >= 0.3 is 0 Å². The van der Waals surface area contributed by atoms with Crippen molar-refractivity contribution in [3.05, 3.63) is 5.75 Å². The molecule has 0 saturated carbocycles. The van der Waals surface area contributed by atoms with Crippen molar-refractivity contribution in [1.82, 2.24) is 5.32 Å². The molecule has 0 aromatic rings. The van der Waals surface area contributed by atoms with Crippen molar-refractivity contribution in [3.63, 3.8) is 0 Å². The SMILES string of the molecule is C[CH]SCNC. The van der Waals surface area contributed by atoms with Crippen molar-refractivity contribution in [3.8, 4) is 0 Å². The van der Waals surface area contributed by atoms with Crippen LogP contribution in [0, 0.1) is 5.75 Å². The Morgan fingerprint density at radius 3 is 2.67 bits per heavy atom. The predicted octanol–water partition coefficient (Wildman–Crippen LogP) is 1.08. The molecule has 1 nitrogen and oxygen atoms in total. The number of rotatable bonds is 3. The van der Waals surface area contributed by atoms with Crippen LogP contribution in [0.3, 0.4) is 0 Å². The van der Waals surface area contributed by atoms with Crippen LogP contribution in [0.4, 0.5) is 0 Å². The van der Waals surface area contributed by atoms with Crippen LogP contribution in [0.5, 0.6) is 0 Å². The van der Waals surface area contributed by atoms with Gasteiger partial charge < -0.3 is 5.32 Å². The lowest BCUT2D eigenvalue weighted by Gasteiger charge is -1.89. The highest BCUT2D eigenvalue weighted by Crippen LogP contribution is 1.97. The first-order valence-corrected chi connectivity index (χ1v) is 3.00. The van der Waals surface area contributed by atoms with Gasteiger partial charge in [0.1, 0.15) is 0 Å². The van der Waals surface area contributed by atoms with Gasteiger partial charge in [0, 0.05) is 11.6 Å². The molecule has 0 atom stereocenters. The van der Waals surface area contributed by atoms with Crippen LogP contribution >= 0.6 is 11.8 Å². The second-order valence-electron chi connectivity index (χ2n) is 0.900. The van der Waals surface area contributed by atoms with Crippen molar-refractivity contribution >= 4 is 11.8 Å². The Morgan fingerprint density at radius 2 is 2.50 bits per heavy atom. The monoisotopic (exact) mass is 104 g/mol. The second-order valence-corrected chi connectivity index (χ2v) is 1.99. The normalized spacial score (nSPS) is 9.00. The fourth-order valence-corrected chi connectivity index (χ4v) is 0.500. The van der Waals surface area contributed by atoms with Gasteiger partial charge in [0.15, 0.2) is 0 Å². The molecule has 6 heavy (non-hydrogen) atoms. The molecule has 0 bridgehead atoms. The summed E-state index contributed by atoms with van der Waals surface area (Å²) in [6.07, 6.45) is 0. The van der Waals surface area contributed by atoms with Gasteiger partial charge in [0.25, 0.3) is 0 Å². The minimum absolute atomic E-state index is 1.02. The molecular weight excluding hydrogens is 94.1 g/mol. The van der Waals surface area contributed by atoms with E-state index in [1.54, 1.807) is 11.8 Å². The third kappa shape index (κ3) is 4.31. The number of thioether (sulfide) groups is 1. The largest absolute Gasteiger partial charge is 0.311 e. The highest BCUT2D eigenvalue weighted by atomic mass is 32.2. The van der Waals surface area contributed by atoms with E-state index in [1.807, 2.05) is 14.0 Å². The molecule has 0 heterocycles. The van der Waals surface area contributed by atoms with E-state index in [1.165, 1.54) is 0 Å². The topological polar surface area (TPSA) is 12.0 Å². The molecule has 0 aliphatic rings. The first-order chi connectivity index (χ1) is 2.91. The van der Waals surface area contributed by atoms with Crippen LogP contribution in [0.15, 0.2) is 0 Å². The molecule has 0 aromatic heterocycles. The quantitative estimate of drug-likeness (QED) is 0.424. The van der Waals surface area contributed by atoms with E-state index >= 15 is 0 Å². The van der Waals surface area contributed by atoms with Crippen molar-refractivity contribution in [2.45, 2.75) is 6.92 Å². The van der Waals surface area contributed by atoms with Gasteiger partial charge in [-0.2, -0.15) is 0 Å². The minimum Gasteiger partial charge on any atom is -0.311 e. The summed E-state index contributed by atoms with van der Waals surface area (Å²) in [7, 11) is 1.94. The van der Waals surface area contributed by atoms with E-state index in [9.17, 15) is 0 Å². The Bertz CT molecular complexity index is 19.5. The van der Waals surface area contributed by atoms with Crippen LogP contribution in [-0.2, 0) is 0 Å². The molecule has 0 aliphatic heterocycles. The van der Waals surface area contributed by atoms with Gasteiger partial charge in [-0.1, -0.05) is 6.92 Å². The number of hydrogen-bond donors (Lipinski definition) is 1. The molecule has 0 rings (SSSR count). The molecule has 0 amide bonds. The molecule has 1 N–H and O–H groups in total. The van der Waals surface area contributed by atoms with E-state index < -0.39 is 0 Å². The van der Waals surface area contributed by atoms with Crippen molar-refractivity contribution < 1.29 is 0 Å². The Morgan fingerprint density at radius 1 is 1.83 bits per heavy atom. The summed E-state index contributed by atoms with van der Waals surface area (Å²) in [6.45, 7) is 2.03. The standard InChI is InChI=1S/C4H10NS/c1-3-6-4-5-2/h3,5H,4H2,1-2H3. The van der Waals surface area contributed by atoms with E-state index in [2.05, 4.69) is 11.1 Å². The highest BCUT2D eigenvalue weighted by Gasteiger charge is 1.73. The molecule has 0 aliphatic carbocycles. The van der Waals surface area contributed by atoms with Crippen molar-refractivity contribution in [2.75, 3.05) is 12.9 Å². The smallest absolute Gasteiger partial charge is 0.0418 e. The maximum Gasteiger partial charge on any atom is 0.0418 e. The first kappa shape index (κ1) is 6.31. The average molecular weight is 104 g/mol. The fraction of sp³-hybridized carbons (Fsp3) is 0.750. The molecule has 0 aromatic carbocycles. The minimum atomic E-state index is 1.02. The van der Waals surface area contributed by atoms with E-state index in [4.69, 9.17) is 0 Å². The van der Waals surface area contributed by atoms with Crippen molar-refractivity contribution in [2.24, 2.45) is 0 Å². The molecule has 0 unspecified atom stereocenters. The lowest BCUT2D eigenvalue weighted by atomic mass is 11.0. The van der Waals surface area contributed by atoms with Crippen LogP contribution in [0.25, 0.3) is 0 Å². The number of nitrogens with one attached hydrogen (secondary N) is 1. The van der Waals surface area contributed by atoms with Gasteiger partial charge in [-0.25, -0.2) is 0 Å². The molecule has 2 heteroatoms. The lowest BCUT2D eigenvalue weighted by Crippen LogP contribution is -2.02. The Labute approximate surface area is 43.5 Å². The summed E-state index contributed by atoms with van der Waals surface area (Å²) in [5.74, 6) is 3.09. The van der Waals surface area contributed by atoms with Crippen LogP contribution < -0.4 is 5.32 Å². The maximum atomic E-state index is 3.00. The molecule has 1 radical (unpaired) electrons. The number of hydrogen-bond acceptors (Lipinski definition) is 2. The van der Waals surface area contributed by atoms with Gasteiger partial charge in [0.05, 0.1) is 0 Å². The molecular formula is C4H10NS. The fourth-order valence-electron chi connectivity index (χ4n) is 0.167. The molecule has 37 valence electrons. The molecule has 0 fully saturated rings. The second kappa shape index (κ2) is 5.31. The zero-order valence-corrected chi connectivity index (χ0v) is 5.01. The molecule has 0 spiro atoms. The summed E-state index contributed by atoms with van der Waals surface area (Å²) in [6, 6.07) is 0. The van der Waals surface area contributed by atoms with Crippen LogP contribution in [-0.4, -0.2) is 12.9 Å². The van der Waals surface area contributed by atoms with E-state index in [0.29, 0.717) is 0 Å². The Balaban J connectivity index is 2.34. The summed E-state index contributed by atoms with van der Waals surface area (Å²) in [4.78, 5) is 0. The first-order valence-electron chi connectivity index (χ1n) is 1.96. The zero-order valence-electron chi connectivity index (χ0n) is 4.19. The van der Waals surface area contributed by atoms with E-state index in [-0.39, 0.29) is 0 Å². The third-order valence-electron chi connectivity index (χ3n) is 0.394. The molecule has 0 saturated heterocycles. The van der Waals surface area contributed by atoms with Crippen LogP contribution in [0.2, 0.25) is 0 Å². The van der Waals surface area contributed by atoms with Gasteiger partial charge in [-0.05, 0) is 7.05 Å². The van der Waals surface area contributed by atoms with Gasteiger partial charge in [-0.3, -0.25) is 0 Å². The average Bonchev–Trinajstić information content (AvgIpc) is 1.61. The van der Waals surface area contributed by atoms with Crippen LogP contribution in [0.1, 0.15) is 6.92 Å². The Hall–Kier alpha value is 0.310. The summed E-state index contributed by atoms with van der Waals surface area (Å²) in [5, 5.41) is 3.00. The Kier molecular flexibility index (Phi) is 5.58. The lowest BCUT2D eigenvalue weighted by molar-refractivity contribution is 0.984. The van der Waals surface area contributed by atoms with Gasteiger partial charge in [-0.15, -0.1) is 11.8 Å². The predicted molar refractivity (Wildman–Crippen MR) is 31.5 cm³/mol. The van der Waals surface area contributed by atoms with Gasteiger partial charge in [0.2, 0.25) is 0 Å². The highest BCUT2D eigenvalue weighted by molar-refractivity contribution is 8.01. The summed E-state index contributed by atoms with van der Waals surface area (Å²) in [5.41, 5.74) is 0. The third-order valence-corrected chi connectivity index (χ3v) is 1.18. The van der Waals surface area contributed by atoms with E-state index in [0.717, 1.165) is 5.88 Å². The maximum absolute atomic E-state index is 3.00. The zero-order chi connectivity index (χ0) is 4.83. The summed E-state index contributed by atoms with van der Waals surface area (Å²) < 4.78 is 0. The summed E-state index contributed by atoms with van der Waals surface area (Å²) >= 11 is 1.77. The van der Waals surface area contributed by atoms with Crippen molar-refractivity contribution in [1.29, 1.82) is 0 Å².